The van der Waals surface area contributed by atoms with Crippen LogP contribution in [0, 0.1) is 9.49 Å². The number of carbonyl (C=O) groups is 1. The molecule has 1 saturated heterocycles. The van der Waals surface area contributed by atoms with Gasteiger partial charge in [0.05, 0.1) is 30.9 Å². The minimum absolute atomic E-state index is 0.163. The standard InChI is InChI=1S/C17H24ClIN2O3/c1-11(2)15(21-4-6-24-7-5-21)10-20-17(22)12-8-13(18)14(19)9-16(12)23-3/h8-9,11,15H,4-7,10H2,1-3H3,(H,20,22). The summed E-state index contributed by atoms with van der Waals surface area (Å²) in [6, 6.07) is 3.72. The summed E-state index contributed by atoms with van der Waals surface area (Å²) in [5.41, 5.74) is 0.465. The molecule has 0 radical (unpaired) electrons. The van der Waals surface area contributed by atoms with Crippen LogP contribution in [0.15, 0.2) is 12.1 Å². The van der Waals surface area contributed by atoms with E-state index >= 15 is 0 Å². The van der Waals surface area contributed by atoms with Gasteiger partial charge in [0.25, 0.3) is 5.91 Å². The van der Waals surface area contributed by atoms with Crippen LogP contribution in [-0.4, -0.2) is 56.8 Å². The van der Waals surface area contributed by atoms with E-state index in [0.717, 1.165) is 29.9 Å². The highest BCUT2D eigenvalue weighted by molar-refractivity contribution is 14.1. The van der Waals surface area contributed by atoms with Crippen LogP contribution in [0.25, 0.3) is 0 Å². The van der Waals surface area contributed by atoms with Gasteiger partial charge in [0.2, 0.25) is 0 Å². The zero-order valence-corrected chi connectivity index (χ0v) is 17.2. The highest BCUT2D eigenvalue weighted by Gasteiger charge is 2.25. The Morgan fingerprint density at radius 3 is 2.67 bits per heavy atom. The first kappa shape index (κ1) is 19.8. The molecule has 1 fully saturated rings. The topological polar surface area (TPSA) is 50.8 Å². The summed E-state index contributed by atoms with van der Waals surface area (Å²) in [7, 11) is 1.56. The fourth-order valence-electron chi connectivity index (χ4n) is 2.86. The zero-order chi connectivity index (χ0) is 17.7. The first-order valence-corrected chi connectivity index (χ1v) is 9.52. The number of nitrogens with one attached hydrogen (secondary N) is 1. The number of rotatable bonds is 6. The van der Waals surface area contributed by atoms with Crippen LogP contribution in [0.3, 0.4) is 0 Å². The second-order valence-electron chi connectivity index (χ2n) is 6.14. The number of halogens is 2. The molecule has 134 valence electrons. The van der Waals surface area contributed by atoms with Crippen molar-refractivity contribution in [3.63, 3.8) is 0 Å². The largest absolute Gasteiger partial charge is 0.496 e. The van der Waals surface area contributed by atoms with Gasteiger partial charge in [-0.15, -0.1) is 0 Å². The molecule has 0 saturated carbocycles. The molecule has 1 aromatic carbocycles. The summed E-state index contributed by atoms with van der Waals surface area (Å²) in [4.78, 5) is 15.0. The van der Waals surface area contributed by atoms with Gasteiger partial charge in [-0.05, 0) is 40.6 Å². The van der Waals surface area contributed by atoms with Gasteiger partial charge in [-0.2, -0.15) is 0 Å². The molecule has 24 heavy (non-hydrogen) atoms. The summed E-state index contributed by atoms with van der Waals surface area (Å²) in [6.45, 7) is 8.23. The molecular formula is C17H24ClIN2O3. The normalized spacial score (nSPS) is 16.9. The average Bonchev–Trinajstić information content (AvgIpc) is 2.57. The molecule has 1 N–H and O–H groups in total. The van der Waals surface area contributed by atoms with E-state index in [-0.39, 0.29) is 11.9 Å². The van der Waals surface area contributed by atoms with Gasteiger partial charge in [-0.1, -0.05) is 25.4 Å². The maximum atomic E-state index is 12.6. The first-order valence-electron chi connectivity index (χ1n) is 8.07. The average molecular weight is 467 g/mol. The lowest BCUT2D eigenvalue weighted by molar-refractivity contribution is 0.00672. The molecular weight excluding hydrogens is 443 g/mol. The predicted molar refractivity (Wildman–Crippen MR) is 104 cm³/mol. The van der Waals surface area contributed by atoms with Crippen molar-refractivity contribution < 1.29 is 14.3 Å². The van der Waals surface area contributed by atoms with E-state index in [1.807, 2.05) is 0 Å². The van der Waals surface area contributed by atoms with Crippen molar-refractivity contribution in [1.82, 2.24) is 10.2 Å². The van der Waals surface area contributed by atoms with E-state index < -0.39 is 0 Å². The molecule has 0 bridgehead atoms. The maximum Gasteiger partial charge on any atom is 0.255 e. The van der Waals surface area contributed by atoms with Crippen LogP contribution in [-0.2, 0) is 4.74 Å². The molecule has 2 rings (SSSR count). The second-order valence-corrected chi connectivity index (χ2v) is 7.71. The zero-order valence-electron chi connectivity index (χ0n) is 14.3. The monoisotopic (exact) mass is 466 g/mol. The van der Waals surface area contributed by atoms with Crippen LogP contribution in [0.1, 0.15) is 24.2 Å². The summed E-state index contributed by atoms with van der Waals surface area (Å²) in [5, 5.41) is 3.59. The number of benzene rings is 1. The second kappa shape index (κ2) is 9.22. The van der Waals surface area contributed by atoms with E-state index in [1.54, 1.807) is 19.2 Å². The quantitative estimate of drug-likeness (QED) is 0.655. The Bertz CT molecular complexity index is 577. The summed E-state index contributed by atoms with van der Waals surface area (Å²) >= 11 is 8.28. The molecule has 1 heterocycles. The van der Waals surface area contributed by atoms with Crippen molar-refractivity contribution in [3.05, 3.63) is 26.3 Å². The van der Waals surface area contributed by atoms with E-state index in [0.29, 0.717) is 28.8 Å². The van der Waals surface area contributed by atoms with Gasteiger partial charge in [0, 0.05) is 29.2 Å². The van der Waals surface area contributed by atoms with Gasteiger partial charge in [-0.3, -0.25) is 9.69 Å². The molecule has 1 atom stereocenters. The summed E-state index contributed by atoms with van der Waals surface area (Å²) in [6.07, 6.45) is 0. The lowest BCUT2D eigenvalue weighted by Crippen LogP contribution is -2.51. The fraction of sp³-hybridized carbons (Fsp3) is 0.588. The van der Waals surface area contributed by atoms with Crippen molar-refractivity contribution in [3.8, 4) is 5.75 Å². The number of amides is 1. The van der Waals surface area contributed by atoms with Gasteiger partial charge in [0.1, 0.15) is 5.75 Å². The highest BCUT2D eigenvalue weighted by atomic mass is 127. The highest BCUT2D eigenvalue weighted by Crippen LogP contribution is 2.28. The van der Waals surface area contributed by atoms with Crippen molar-refractivity contribution in [2.75, 3.05) is 40.0 Å². The van der Waals surface area contributed by atoms with Crippen LogP contribution in [0.5, 0.6) is 5.75 Å². The third kappa shape index (κ3) is 4.97. The summed E-state index contributed by atoms with van der Waals surface area (Å²) in [5.74, 6) is 0.809. The first-order chi connectivity index (χ1) is 11.4. The number of carbonyl (C=O) groups excluding carboxylic acids is 1. The van der Waals surface area contributed by atoms with Gasteiger partial charge >= 0.3 is 0 Å². The molecule has 1 unspecified atom stereocenters. The maximum absolute atomic E-state index is 12.6. The molecule has 1 amide bonds. The lowest BCUT2D eigenvalue weighted by atomic mass is 10.0. The van der Waals surface area contributed by atoms with Crippen LogP contribution in [0.2, 0.25) is 5.02 Å². The summed E-state index contributed by atoms with van der Waals surface area (Å²) < 4.78 is 11.6. The molecule has 0 aliphatic carbocycles. The van der Waals surface area contributed by atoms with Crippen molar-refractivity contribution >= 4 is 40.1 Å². The van der Waals surface area contributed by atoms with E-state index in [4.69, 9.17) is 21.1 Å². The number of hydrogen-bond donors (Lipinski definition) is 1. The van der Waals surface area contributed by atoms with Crippen molar-refractivity contribution in [2.45, 2.75) is 19.9 Å². The van der Waals surface area contributed by atoms with Gasteiger partial charge in [0.15, 0.2) is 0 Å². The molecule has 1 aliphatic rings. The lowest BCUT2D eigenvalue weighted by Gasteiger charge is -2.37. The number of nitrogens with zero attached hydrogens (tertiary/aromatic N) is 1. The van der Waals surface area contributed by atoms with E-state index in [1.165, 1.54) is 0 Å². The molecule has 0 aromatic heterocycles. The van der Waals surface area contributed by atoms with Crippen LogP contribution in [0.4, 0.5) is 0 Å². The number of ether oxygens (including phenoxy) is 2. The number of methoxy groups -OCH3 is 1. The van der Waals surface area contributed by atoms with Crippen LogP contribution < -0.4 is 10.1 Å². The third-order valence-corrected chi connectivity index (χ3v) is 5.77. The minimum atomic E-state index is -0.163. The van der Waals surface area contributed by atoms with E-state index in [9.17, 15) is 4.79 Å². The SMILES string of the molecule is COc1cc(I)c(Cl)cc1C(=O)NCC(C(C)C)N1CCOCC1. The fourth-order valence-corrected chi connectivity index (χ4v) is 3.47. The van der Waals surface area contributed by atoms with E-state index in [2.05, 4.69) is 46.7 Å². The molecule has 1 aromatic rings. The molecule has 5 nitrogen and oxygen atoms in total. The van der Waals surface area contributed by atoms with Crippen molar-refractivity contribution in [1.29, 1.82) is 0 Å². The Labute approximate surface area is 162 Å². The Hall–Kier alpha value is -0.570. The van der Waals surface area contributed by atoms with Gasteiger partial charge in [-0.25, -0.2) is 0 Å². The number of morpholine rings is 1. The Morgan fingerprint density at radius 1 is 1.42 bits per heavy atom. The molecule has 7 heteroatoms. The van der Waals surface area contributed by atoms with Crippen molar-refractivity contribution in [2.24, 2.45) is 5.92 Å². The van der Waals surface area contributed by atoms with Gasteiger partial charge < -0.3 is 14.8 Å². The Kier molecular flexibility index (Phi) is 7.59. The molecule has 0 spiro atoms. The minimum Gasteiger partial charge on any atom is -0.496 e. The smallest absolute Gasteiger partial charge is 0.255 e. The Morgan fingerprint density at radius 2 is 2.08 bits per heavy atom. The number of hydrogen-bond acceptors (Lipinski definition) is 4. The van der Waals surface area contributed by atoms with Crippen LogP contribution >= 0.6 is 34.2 Å². The Balaban J connectivity index is 2.06. The third-order valence-electron chi connectivity index (χ3n) is 4.24. The molecule has 1 aliphatic heterocycles. The predicted octanol–water partition coefficient (Wildman–Crippen LogP) is 3.04.